The number of imidazole rings is 2. The zero-order chi connectivity index (χ0) is 53.1. The molecule has 2 saturated heterocycles. The Morgan fingerprint density at radius 2 is 1.30 bits per heavy atom. The topological polar surface area (TPSA) is 198 Å². The van der Waals surface area contributed by atoms with E-state index in [2.05, 4.69) is 68.8 Å². The number of carbonyl (C=O) groups excluding carboxylic acids is 3. The van der Waals surface area contributed by atoms with Gasteiger partial charge in [0, 0.05) is 95.5 Å². The molecule has 2 amide bonds. The number of carbonyl (C=O) groups is 3. The van der Waals surface area contributed by atoms with Crippen LogP contribution in [-0.4, -0.2) is 167 Å². The summed E-state index contributed by atoms with van der Waals surface area (Å²) < 4.78 is 47.0. The molecule has 20 heteroatoms. The molecule has 400 valence electrons. The minimum Gasteiger partial charge on any atom is -0.339 e. The summed E-state index contributed by atoms with van der Waals surface area (Å²) in [5.41, 5.74) is 5.26. The number of rotatable bonds is 20. The first-order chi connectivity index (χ1) is 35.0. The number of sulfone groups is 1. The van der Waals surface area contributed by atoms with Crippen LogP contribution in [0.15, 0.2) is 61.2 Å². The van der Waals surface area contributed by atoms with E-state index in [0.717, 1.165) is 59.8 Å². The lowest BCUT2D eigenvalue weighted by atomic mass is 9.89. The van der Waals surface area contributed by atoms with Crippen molar-refractivity contribution < 1.29 is 27.0 Å². The van der Waals surface area contributed by atoms with Gasteiger partial charge in [-0.1, -0.05) is 40.7 Å². The predicted octanol–water partition coefficient (Wildman–Crippen LogP) is 6.19. The van der Waals surface area contributed by atoms with Gasteiger partial charge in [-0.25, -0.2) is 18.4 Å². The fourth-order valence-corrected chi connectivity index (χ4v) is 13.5. The van der Waals surface area contributed by atoms with Gasteiger partial charge in [-0.15, -0.1) is 0 Å². The molecule has 0 saturated carbocycles. The number of likely N-dealkylation sites (N-methyl/N-ethyl adjacent to an activating group) is 2. The molecular weight excluding hydrogens is 977 g/mol. The van der Waals surface area contributed by atoms with Crippen molar-refractivity contribution in [1.82, 2.24) is 58.7 Å². The van der Waals surface area contributed by atoms with Crippen LogP contribution in [0.25, 0.3) is 22.1 Å². The number of piperidine rings is 2. The highest BCUT2D eigenvalue weighted by molar-refractivity contribution is 8.00. The van der Waals surface area contributed by atoms with Crippen LogP contribution in [0.4, 0.5) is 0 Å². The van der Waals surface area contributed by atoms with E-state index in [0.29, 0.717) is 93.6 Å². The minimum absolute atomic E-state index is 0.0152. The molecule has 4 aromatic heterocycles. The summed E-state index contributed by atoms with van der Waals surface area (Å²) in [6, 6.07) is 11.3. The Bertz CT molecular complexity index is 3080. The van der Waals surface area contributed by atoms with E-state index in [-0.39, 0.29) is 56.9 Å². The lowest BCUT2D eigenvalue weighted by Crippen LogP contribution is -2.39. The lowest BCUT2D eigenvalue weighted by Gasteiger charge is -2.31. The highest BCUT2D eigenvalue weighted by atomic mass is 32.2. The predicted molar refractivity (Wildman–Crippen MR) is 290 cm³/mol. The molecule has 0 spiro atoms. The third-order valence-corrected chi connectivity index (χ3v) is 17.5. The summed E-state index contributed by atoms with van der Waals surface area (Å²) in [7, 11) is 3.01. The van der Waals surface area contributed by atoms with Gasteiger partial charge in [0.05, 0.1) is 67.9 Å². The van der Waals surface area contributed by atoms with Crippen molar-refractivity contribution in [3.63, 3.8) is 0 Å². The van der Waals surface area contributed by atoms with Crippen molar-refractivity contribution in [2.75, 3.05) is 79.0 Å². The van der Waals surface area contributed by atoms with Gasteiger partial charge in [0.25, 0.3) is 11.8 Å². The summed E-state index contributed by atoms with van der Waals surface area (Å²) in [6.45, 7) is 16.6. The number of likely N-dealkylation sites (tertiary alicyclic amines) is 2. The second-order valence-electron chi connectivity index (χ2n) is 23.3. The Hall–Kier alpha value is -5.57. The Kier molecular flexibility index (Phi) is 16.8. The molecule has 2 aliphatic heterocycles. The van der Waals surface area contributed by atoms with Gasteiger partial charge in [0.15, 0.2) is 9.84 Å². The minimum atomic E-state index is -3.44. The molecule has 2 aliphatic rings. The Morgan fingerprint density at radius 3 is 1.88 bits per heavy atom. The van der Waals surface area contributed by atoms with Crippen LogP contribution >= 0.6 is 0 Å². The summed E-state index contributed by atoms with van der Waals surface area (Å²) in [5, 5.41) is 10.8. The maximum absolute atomic E-state index is 13.8. The molecule has 2 fully saturated rings. The second-order valence-corrected chi connectivity index (χ2v) is 26.8. The van der Waals surface area contributed by atoms with Crippen LogP contribution in [0.1, 0.15) is 109 Å². The highest BCUT2D eigenvalue weighted by Gasteiger charge is 2.31. The maximum Gasteiger partial charge on any atom is 0.257 e. The lowest BCUT2D eigenvalue weighted by molar-refractivity contribution is 0.0690. The van der Waals surface area contributed by atoms with Crippen LogP contribution in [0.2, 0.25) is 0 Å². The average molecular weight is 1050 g/mol. The number of fused-ring (bicyclic) bond motifs is 2. The molecule has 1 atom stereocenters. The molecule has 18 nitrogen and oxygen atoms in total. The monoisotopic (exact) mass is 1050 g/mol. The number of hydrogen-bond acceptors (Lipinski definition) is 12. The normalized spacial score (nSPS) is 16.1. The van der Waals surface area contributed by atoms with Crippen molar-refractivity contribution >= 4 is 59.6 Å². The molecule has 8 rings (SSSR count). The van der Waals surface area contributed by atoms with E-state index in [9.17, 15) is 27.0 Å². The summed E-state index contributed by atoms with van der Waals surface area (Å²) in [6.07, 6.45) is 10.5. The quantitative estimate of drug-likeness (QED) is 0.0911. The van der Waals surface area contributed by atoms with E-state index in [1.807, 2.05) is 68.2 Å². The molecule has 1 N–H and O–H groups in total. The SMILES string of the molecule is CN(C)CCn1c(CC(C)(C)C)nc2cc(C(=O)S(=O)CC3CCN(C(=O)c4cnn(CC(C)(C)Cc5nc6cc(CS(=O)(=O)CC7CCN(C(=O)c8cn[nH]c8)CC7)ccc6n5CCN(C)C)c4)CC3)ccc21. The number of aromatic amines is 1. The molecule has 6 heterocycles. The Morgan fingerprint density at radius 1 is 0.730 bits per heavy atom. The molecular formula is C54H76N12O6S2. The van der Waals surface area contributed by atoms with Gasteiger partial charge < -0.3 is 28.7 Å². The van der Waals surface area contributed by atoms with Crippen LogP contribution in [0, 0.1) is 22.7 Å². The first-order valence-electron chi connectivity index (χ1n) is 26.0. The number of benzene rings is 2. The molecule has 2 aromatic carbocycles. The van der Waals surface area contributed by atoms with Crippen molar-refractivity contribution in [2.45, 2.75) is 98.5 Å². The zero-order valence-electron chi connectivity index (χ0n) is 44.8. The standard InChI is InChI=1S/C54H76N12O6S2/c1-53(2,3)28-48-59-45-27-41(11-13-47(45)65(48)24-22-60(6)7)52(69)73(70)34-38-14-18-63(19-15-38)51(68)43-32-57-64(33-43)37-54(4,5)29-49-58-44-26-40(10-12-46(44)66(49)25-23-61(8)9)36-74(71,72)35-39-16-20-62(21-17-39)50(67)42-30-55-56-31-42/h10-13,26-27,30-33,38-39H,14-25,28-29,34-37H2,1-9H3,(H,55,56). The van der Waals surface area contributed by atoms with Gasteiger partial charge in [-0.05, 0) is 112 Å². The van der Waals surface area contributed by atoms with Crippen LogP contribution < -0.4 is 0 Å². The fraction of sp³-hybridized carbons (Fsp3) is 0.574. The van der Waals surface area contributed by atoms with Crippen LogP contribution in [0.3, 0.4) is 0 Å². The average Bonchev–Trinajstić information content (AvgIpc) is 4.15. The Balaban J connectivity index is 0.845. The van der Waals surface area contributed by atoms with E-state index in [1.54, 1.807) is 29.4 Å². The number of nitrogens with one attached hydrogen (secondary N) is 1. The van der Waals surface area contributed by atoms with Gasteiger partial charge in [-0.2, -0.15) is 10.2 Å². The number of hydrogen-bond donors (Lipinski definition) is 1. The molecule has 74 heavy (non-hydrogen) atoms. The molecule has 6 aromatic rings. The maximum atomic E-state index is 13.8. The number of aromatic nitrogens is 8. The van der Waals surface area contributed by atoms with Gasteiger partial charge in [-0.3, -0.25) is 28.4 Å². The van der Waals surface area contributed by atoms with E-state index < -0.39 is 20.6 Å². The Labute approximate surface area is 438 Å². The first kappa shape index (κ1) is 54.7. The highest BCUT2D eigenvalue weighted by Crippen LogP contribution is 2.30. The van der Waals surface area contributed by atoms with Crippen LogP contribution in [0.5, 0.6) is 0 Å². The van der Waals surface area contributed by atoms with E-state index in [1.165, 1.54) is 6.20 Å². The van der Waals surface area contributed by atoms with Crippen molar-refractivity contribution in [3.05, 3.63) is 95.1 Å². The number of amides is 2. The second kappa shape index (κ2) is 22.7. The largest absolute Gasteiger partial charge is 0.339 e. The molecule has 1 unspecified atom stereocenters. The van der Waals surface area contributed by atoms with Gasteiger partial charge in [0.1, 0.15) is 11.6 Å². The molecule has 0 aliphatic carbocycles. The third kappa shape index (κ3) is 13.8. The first-order valence-corrected chi connectivity index (χ1v) is 29.1. The zero-order valence-corrected chi connectivity index (χ0v) is 46.5. The van der Waals surface area contributed by atoms with Crippen LogP contribution in [-0.2, 0) is 58.9 Å². The summed E-state index contributed by atoms with van der Waals surface area (Å²) in [5.74, 6) is 1.98. The van der Waals surface area contributed by atoms with E-state index in [4.69, 9.17) is 9.97 Å². The van der Waals surface area contributed by atoms with Gasteiger partial charge >= 0.3 is 0 Å². The molecule has 0 bridgehead atoms. The third-order valence-electron chi connectivity index (χ3n) is 14.3. The number of H-pyrrole nitrogens is 1. The van der Waals surface area contributed by atoms with Gasteiger partial charge in [0.2, 0.25) is 5.12 Å². The van der Waals surface area contributed by atoms with E-state index >= 15 is 0 Å². The van der Waals surface area contributed by atoms with Crippen molar-refractivity contribution in [1.29, 1.82) is 0 Å². The number of nitrogens with zero attached hydrogens (tertiary/aromatic N) is 11. The van der Waals surface area contributed by atoms with Crippen molar-refractivity contribution in [2.24, 2.45) is 22.7 Å². The van der Waals surface area contributed by atoms with Crippen molar-refractivity contribution in [3.8, 4) is 0 Å². The fourth-order valence-electron chi connectivity index (χ4n) is 10.4. The summed E-state index contributed by atoms with van der Waals surface area (Å²) >= 11 is 0. The summed E-state index contributed by atoms with van der Waals surface area (Å²) in [4.78, 5) is 58.1. The smallest absolute Gasteiger partial charge is 0.257 e. The molecule has 0 radical (unpaired) electrons.